The summed E-state index contributed by atoms with van der Waals surface area (Å²) >= 11 is 0. The molecule has 3 N–H and O–H groups in total. The fourth-order valence-corrected chi connectivity index (χ4v) is 2.56. The molecule has 0 radical (unpaired) electrons. The predicted molar refractivity (Wildman–Crippen MR) is 70.9 cm³/mol. The number of alkyl halides is 3. The lowest BCUT2D eigenvalue weighted by Gasteiger charge is -2.10. The van der Waals surface area contributed by atoms with Gasteiger partial charge in [0, 0.05) is 0 Å². The molecule has 5 nitrogen and oxygen atoms in total. The summed E-state index contributed by atoms with van der Waals surface area (Å²) < 4.78 is 63.9. The molecule has 0 saturated carbocycles. The summed E-state index contributed by atoms with van der Waals surface area (Å²) in [7, 11) is -4.16. The van der Waals surface area contributed by atoms with Gasteiger partial charge >= 0.3 is 6.18 Å². The molecule has 2 aromatic rings. The van der Waals surface area contributed by atoms with Crippen molar-refractivity contribution in [3.8, 4) is 0 Å². The van der Waals surface area contributed by atoms with Crippen LogP contribution in [0.15, 0.2) is 47.5 Å². The molecule has 0 aliphatic heterocycles. The molecule has 0 saturated heterocycles. The first kappa shape index (κ1) is 15.1. The van der Waals surface area contributed by atoms with Crippen LogP contribution in [0.4, 0.5) is 24.7 Å². The van der Waals surface area contributed by atoms with Crippen LogP contribution in [-0.2, 0) is 16.2 Å². The SMILES string of the molecule is Nc1ccc(NS(=O)(=O)c2cccc(C(F)(F)F)c2)nc1. The minimum absolute atomic E-state index is 0.0402. The van der Waals surface area contributed by atoms with Gasteiger partial charge in [0.25, 0.3) is 10.0 Å². The Hall–Kier alpha value is -2.29. The van der Waals surface area contributed by atoms with Gasteiger partial charge in [0.15, 0.2) is 0 Å². The number of nitrogens with zero attached hydrogens (tertiary/aromatic N) is 1. The van der Waals surface area contributed by atoms with Gasteiger partial charge in [-0.05, 0) is 30.3 Å². The van der Waals surface area contributed by atoms with E-state index in [2.05, 4.69) is 9.71 Å². The van der Waals surface area contributed by atoms with Crippen LogP contribution in [-0.4, -0.2) is 13.4 Å². The molecular weight excluding hydrogens is 307 g/mol. The second kappa shape index (κ2) is 5.24. The summed E-state index contributed by atoms with van der Waals surface area (Å²) in [6.45, 7) is 0. The maximum absolute atomic E-state index is 12.6. The Morgan fingerprint density at radius 3 is 2.43 bits per heavy atom. The number of anilines is 2. The summed E-state index contributed by atoms with van der Waals surface area (Å²) in [6.07, 6.45) is -3.39. The third-order valence-corrected chi connectivity index (χ3v) is 3.85. The lowest BCUT2D eigenvalue weighted by molar-refractivity contribution is -0.137. The van der Waals surface area contributed by atoms with E-state index in [9.17, 15) is 21.6 Å². The van der Waals surface area contributed by atoms with E-state index in [-0.39, 0.29) is 5.82 Å². The third-order valence-electron chi connectivity index (χ3n) is 2.50. The van der Waals surface area contributed by atoms with Crippen molar-refractivity contribution < 1.29 is 21.6 Å². The number of halogens is 3. The van der Waals surface area contributed by atoms with Crippen LogP contribution in [0.2, 0.25) is 0 Å². The zero-order valence-corrected chi connectivity index (χ0v) is 11.2. The Labute approximate surface area is 118 Å². The first-order valence-electron chi connectivity index (χ1n) is 5.60. The number of nitrogens with one attached hydrogen (secondary N) is 1. The Bertz CT molecular complexity index is 743. The van der Waals surface area contributed by atoms with Crippen molar-refractivity contribution in [3.63, 3.8) is 0 Å². The molecule has 0 aliphatic carbocycles. The second-order valence-corrected chi connectivity index (χ2v) is 5.79. The van der Waals surface area contributed by atoms with Gasteiger partial charge in [-0.15, -0.1) is 0 Å². The van der Waals surface area contributed by atoms with E-state index in [0.717, 1.165) is 18.2 Å². The van der Waals surface area contributed by atoms with Gasteiger partial charge in [0.2, 0.25) is 0 Å². The van der Waals surface area contributed by atoms with Crippen molar-refractivity contribution in [1.82, 2.24) is 4.98 Å². The minimum atomic E-state index is -4.62. The number of aromatic nitrogens is 1. The molecule has 0 atom stereocenters. The van der Waals surface area contributed by atoms with Crippen molar-refractivity contribution in [2.24, 2.45) is 0 Å². The molecule has 0 unspecified atom stereocenters. The molecule has 1 heterocycles. The van der Waals surface area contributed by atoms with E-state index in [1.54, 1.807) is 0 Å². The predicted octanol–water partition coefficient (Wildman–Crippen LogP) is 2.48. The average molecular weight is 317 g/mol. The number of benzene rings is 1. The number of hydrogen-bond donors (Lipinski definition) is 2. The maximum Gasteiger partial charge on any atom is 0.416 e. The summed E-state index contributed by atoms with van der Waals surface area (Å²) in [5, 5.41) is 0. The number of nitrogens with two attached hydrogens (primary N) is 1. The largest absolute Gasteiger partial charge is 0.416 e. The van der Waals surface area contributed by atoms with Crippen LogP contribution < -0.4 is 10.5 Å². The summed E-state index contributed by atoms with van der Waals surface area (Å²) in [6, 6.07) is 6.15. The van der Waals surface area contributed by atoms with Crippen LogP contribution in [0.5, 0.6) is 0 Å². The number of hydrogen-bond acceptors (Lipinski definition) is 4. The molecule has 0 fully saturated rings. The Balaban J connectivity index is 2.34. The molecule has 0 spiro atoms. The Morgan fingerprint density at radius 2 is 1.86 bits per heavy atom. The van der Waals surface area contributed by atoms with Gasteiger partial charge < -0.3 is 5.73 Å². The van der Waals surface area contributed by atoms with Crippen LogP contribution in [0.3, 0.4) is 0 Å². The lowest BCUT2D eigenvalue weighted by atomic mass is 10.2. The second-order valence-electron chi connectivity index (χ2n) is 4.11. The van der Waals surface area contributed by atoms with E-state index >= 15 is 0 Å². The average Bonchev–Trinajstić information content (AvgIpc) is 2.40. The summed E-state index contributed by atoms with van der Waals surface area (Å²) in [5.74, 6) is -0.0402. The van der Waals surface area contributed by atoms with Crippen molar-refractivity contribution in [1.29, 1.82) is 0 Å². The summed E-state index contributed by atoms with van der Waals surface area (Å²) in [5.41, 5.74) is 4.69. The fourth-order valence-electron chi connectivity index (χ4n) is 1.50. The zero-order chi connectivity index (χ0) is 15.7. The Morgan fingerprint density at radius 1 is 1.14 bits per heavy atom. The molecule has 21 heavy (non-hydrogen) atoms. The highest BCUT2D eigenvalue weighted by Gasteiger charge is 2.31. The molecule has 1 aromatic carbocycles. The van der Waals surface area contributed by atoms with Crippen LogP contribution in [0.1, 0.15) is 5.56 Å². The van der Waals surface area contributed by atoms with Gasteiger partial charge in [-0.1, -0.05) is 6.07 Å². The monoisotopic (exact) mass is 317 g/mol. The highest BCUT2D eigenvalue weighted by atomic mass is 32.2. The van der Waals surface area contributed by atoms with Gasteiger partial charge in [-0.2, -0.15) is 13.2 Å². The van der Waals surface area contributed by atoms with Gasteiger partial charge in [0.05, 0.1) is 22.3 Å². The topological polar surface area (TPSA) is 85.1 Å². The maximum atomic E-state index is 12.6. The van der Waals surface area contributed by atoms with E-state index in [1.165, 1.54) is 18.3 Å². The molecule has 0 aliphatic rings. The van der Waals surface area contributed by atoms with E-state index in [1.807, 2.05) is 0 Å². The first-order chi connectivity index (χ1) is 9.68. The van der Waals surface area contributed by atoms with Crippen LogP contribution in [0.25, 0.3) is 0 Å². The van der Waals surface area contributed by atoms with Crippen molar-refractivity contribution in [2.45, 2.75) is 11.1 Å². The zero-order valence-electron chi connectivity index (χ0n) is 10.4. The smallest absolute Gasteiger partial charge is 0.397 e. The van der Waals surface area contributed by atoms with Crippen molar-refractivity contribution in [3.05, 3.63) is 48.2 Å². The van der Waals surface area contributed by atoms with Crippen LogP contribution in [0, 0.1) is 0 Å². The standard InChI is InChI=1S/C12H10F3N3O2S/c13-12(14,15)8-2-1-3-10(6-8)21(19,20)18-11-5-4-9(16)7-17-11/h1-7H,16H2,(H,17,18). The summed E-state index contributed by atoms with van der Waals surface area (Å²) in [4.78, 5) is 3.22. The molecule has 0 bridgehead atoms. The van der Waals surface area contributed by atoms with Crippen LogP contribution >= 0.6 is 0 Å². The van der Waals surface area contributed by atoms with E-state index in [0.29, 0.717) is 11.8 Å². The highest BCUT2D eigenvalue weighted by Crippen LogP contribution is 2.30. The number of rotatable bonds is 3. The normalized spacial score (nSPS) is 12.1. The first-order valence-corrected chi connectivity index (χ1v) is 7.08. The van der Waals surface area contributed by atoms with Crippen molar-refractivity contribution >= 4 is 21.5 Å². The molecule has 2 rings (SSSR count). The van der Waals surface area contributed by atoms with Gasteiger partial charge in [-0.3, -0.25) is 4.72 Å². The molecule has 112 valence electrons. The molecular formula is C12H10F3N3O2S. The quantitative estimate of drug-likeness (QED) is 0.911. The number of sulfonamides is 1. The van der Waals surface area contributed by atoms with E-state index < -0.39 is 26.7 Å². The van der Waals surface area contributed by atoms with Gasteiger partial charge in [-0.25, -0.2) is 13.4 Å². The third kappa shape index (κ3) is 3.63. The van der Waals surface area contributed by atoms with E-state index in [4.69, 9.17) is 5.73 Å². The fraction of sp³-hybridized carbons (Fsp3) is 0.0833. The lowest BCUT2D eigenvalue weighted by Crippen LogP contribution is -2.15. The Kier molecular flexibility index (Phi) is 3.77. The number of nitrogen functional groups attached to an aromatic ring is 1. The van der Waals surface area contributed by atoms with Crippen molar-refractivity contribution in [2.75, 3.05) is 10.5 Å². The molecule has 1 aromatic heterocycles. The van der Waals surface area contributed by atoms with Gasteiger partial charge in [0.1, 0.15) is 5.82 Å². The molecule has 9 heteroatoms. The molecule has 0 amide bonds. The highest BCUT2D eigenvalue weighted by molar-refractivity contribution is 7.92. The minimum Gasteiger partial charge on any atom is -0.397 e. The number of pyridine rings is 1.